The summed E-state index contributed by atoms with van der Waals surface area (Å²) >= 11 is 0. The minimum atomic E-state index is -0.125. The average molecular weight is 266 g/mol. The Kier molecular flexibility index (Phi) is 3.48. The van der Waals surface area contributed by atoms with Gasteiger partial charge >= 0.3 is 0 Å². The standard InChI is InChI=1S/C16H18N4/c1-2-20-16-9-4-3-7-12(16)15(19-20)11-13(17)14-8-5-6-10-18-14/h3-10,13H,2,11,17H2,1H3. The van der Waals surface area contributed by atoms with Gasteiger partial charge in [-0.2, -0.15) is 5.10 Å². The van der Waals surface area contributed by atoms with E-state index in [0.29, 0.717) is 6.42 Å². The van der Waals surface area contributed by atoms with Crippen molar-refractivity contribution in [2.75, 3.05) is 0 Å². The van der Waals surface area contributed by atoms with Crippen LogP contribution in [0.2, 0.25) is 0 Å². The van der Waals surface area contributed by atoms with Gasteiger partial charge in [-0.1, -0.05) is 24.3 Å². The van der Waals surface area contributed by atoms with E-state index in [2.05, 4.69) is 29.1 Å². The van der Waals surface area contributed by atoms with Gasteiger partial charge in [0.1, 0.15) is 0 Å². The maximum absolute atomic E-state index is 6.26. The normalized spacial score (nSPS) is 12.7. The molecule has 0 saturated carbocycles. The zero-order valence-corrected chi connectivity index (χ0v) is 11.5. The van der Waals surface area contributed by atoms with Crippen LogP contribution in [0.25, 0.3) is 10.9 Å². The third kappa shape index (κ3) is 2.30. The van der Waals surface area contributed by atoms with E-state index in [1.54, 1.807) is 6.20 Å². The first-order valence-electron chi connectivity index (χ1n) is 6.90. The Morgan fingerprint density at radius 1 is 1.15 bits per heavy atom. The quantitative estimate of drug-likeness (QED) is 0.790. The molecule has 3 aromatic rings. The summed E-state index contributed by atoms with van der Waals surface area (Å²) in [5, 5.41) is 5.86. The van der Waals surface area contributed by atoms with Crippen LogP contribution in [0.4, 0.5) is 0 Å². The summed E-state index contributed by atoms with van der Waals surface area (Å²) in [4.78, 5) is 4.32. The summed E-state index contributed by atoms with van der Waals surface area (Å²) < 4.78 is 2.02. The first-order chi connectivity index (χ1) is 9.79. The number of hydrogen-bond donors (Lipinski definition) is 1. The molecule has 0 amide bonds. The summed E-state index contributed by atoms with van der Waals surface area (Å²) in [6.07, 6.45) is 2.47. The molecule has 3 rings (SSSR count). The van der Waals surface area contributed by atoms with Gasteiger partial charge < -0.3 is 5.73 Å². The zero-order chi connectivity index (χ0) is 13.9. The first-order valence-corrected chi connectivity index (χ1v) is 6.90. The lowest BCUT2D eigenvalue weighted by molar-refractivity contribution is 0.634. The van der Waals surface area contributed by atoms with Crippen LogP contribution < -0.4 is 5.73 Å². The molecule has 0 aliphatic heterocycles. The average Bonchev–Trinajstić information content (AvgIpc) is 2.86. The molecule has 2 aromatic heterocycles. The fraction of sp³-hybridized carbons (Fsp3) is 0.250. The second kappa shape index (κ2) is 5.43. The zero-order valence-electron chi connectivity index (χ0n) is 11.5. The molecule has 0 aliphatic rings. The van der Waals surface area contributed by atoms with E-state index in [0.717, 1.165) is 17.9 Å². The van der Waals surface area contributed by atoms with Crippen LogP contribution in [0.3, 0.4) is 0 Å². The Morgan fingerprint density at radius 2 is 1.95 bits per heavy atom. The van der Waals surface area contributed by atoms with Crippen LogP contribution >= 0.6 is 0 Å². The molecule has 1 unspecified atom stereocenters. The van der Waals surface area contributed by atoms with E-state index in [-0.39, 0.29) is 6.04 Å². The summed E-state index contributed by atoms with van der Waals surface area (Å²) in [5.41, 5.74) is 9.37. The molecule has 0 spiro atoms. The molecule has 0 fully saturated rings. The highest BCUT2D eigenvalue weighted by atomic mass is 15.3. The topological polar surface area (TPSA) is 56.7 Å². The second-order valence-corrected chi connectivity index (χ2v) is 4.84. The van der Waals surface area contributed by atoms with Crippen LogP contribution in [-0.2, 0) is 13.0 Å². The molecule has 2 N–H and O–H groups in total. The Hall–Kier alpha value is -2.20. The van der Waals surface area contributed by atoms with Crippen molar-refractivity contribution in [3.63, 3.8) is 0 Å². The molecule has 2 heterocycles. The van der Waals surface area contributed by atoms with Crippen molar-refractivity contribution in [3.8, 4) is 0 Å². The van der Waals surface area contributed by atoms with Crippen LogP contribution in [0.5, 0.6) is 0 Å². The highest BCUT2D eigenvalue weighted by molar-refractivity contribution is 5.82. The molecule has 1 aromatic carbocycles. The Bertz CT molecular complexity index is 703. The highest BCUT2D eigenvalue weighted by Gasteiger charge is 2.14. The summed E-state index contributed by atoms with van der Waals surface area (Å²) in [7, 11) is 0. The Morgan fingerprint density at radius 3 is 2.70 bits per heavy atom. The number of benzene rings is 1. The van der Waals surface area contributed by atoms with E-state index in [1.807, 2.05) is 35.0 Å². The lowest BCUT2D eigenvalue weighted by Gasteiger charge is -2.09. The van der Waals surface area contributed by atoms with Gasteiger partial charge in [0.25, 0.3) is 0 Å². The lowest BCUT2D eigenvalue weighted by Crippen LogP contribution is -2.15. The largest absolute Gasteiger partial charge is 0.322 e. The Labute approximate surface area is 118 Å². The number of nitrogens with zero attached hydrogens (tertiary/aromatic N) is 3. The summed E-state index contributed by atoms with van der Waals surface area (Å²) in [6, 6.07) is 14.0. The van der Waals surface area contributed by atoms with Crippen LogP contribution in [0.1, 0.15) is 24.4 Å². The molecular formula is C16H18N4. The third-order valence-electron chi connectivity index (χ3n) is 3.51. The van der Waals surface area contributed by atoms with E-state index >= 15 is 0 Å². The number of para-hydroxylation sites is 1. The van der Waals surface area contributed by atoms with E-state index < -0.39 is 0 Å². The van der Waals surface area contributed by atoms with Crippen molar-refractivity contribution in [2.24, 2.45) is 5.73 Å². The first kappa shape index (κ1) is 12.8. The molecule has 102 valence electrons. The van der Waals surface area contributed by atoms with Gasteiger partial charge in [0.2, 0.25) is 0 Å². The summed E-state index contributed by atoms with van der Waals surface area (Å²) in [6.45, 7) is 2.96. The predicted octanol–water partition coefficient (Wildman–Crippen LogP) is 2.69. The maximum Gasteiger partial charge on any atom is 0.0722 e. The van der Waals surface area contributed by atoms with Gasteiger partial charge in [-0.3, -0.25) is 9.67 Å². The van der Waals surface area contributed by atoms with Gasteiger partial charge in [-0.25, -0.2) is 0 Å². The van der Waals surface area contributed by atoms with Crippen molar-refractivity contribution in [3.05, 3.63) is 60.0 Å². The van der Waals surface area contributed by atoms with Crippen molar-refractivity contribution in [2.45, 2.75) is 25.9 Å². The smallest absolute Gasteiger partial charge is 0.0722 e. The third-order valence-corrected chi connectivity index (χ3v) is 3.51. The summed E-state index contributed by atoms with van der Waals surface area (Å²) in [5.74, 6) is 0. The number of rotatable bonds is 4. The number of nitrogens with two attached hydrogens (primary N) is 1. The van der Waals surface area contributed by atoms with E-state index in [9.17, 15) is 0 Å². The van der Waals surface area contributed by atoms with E-state index in [1.165, 1.54) is 10.9 Å². The fourth-order valence-electron chi connectivity index (χ4n) is 2.50. The fourth-order valence-corrected chi connectivity index (χ4v) is 2.50. The molecule has 0 radical (unpaired) electrons. The second-order valence-electron chi connectivity index (χ2n) is 4.84. The number of aryl methyl sites for hydroxylation is 1. The van der Waals surface area contributed by atoms with Crippen molar-refractivity contribution < 1.29 is 0 Å². The molecule has 0 aliphatic carbocycles. The number of fused-ring (bicyclic) bond motifs is 1. The number of pyridine rings is 1. The minimum absolute atomic E-state index is 0.125. The highest BCUT2D eigenvalue weighted by Crippen LogP contribution is 2.22. The number of aromatic nitrogens is 3. The molecule has 4 heteroatoms. The van der Waals surface area contributed by atoms with Crippen molar-refractivity contribution in [1.82, 2.24) is 14.8 Å². The van der Waals surface area contributed by atoms with Crippen LogP contribution in [0, 0.1) is 0 Å². The van der Waals surface area contributed by atoms with Crippen molar-refractivity contribution in [1.29, 1.82) is 0 Å². The number of hydrogen-bond acceptors (Lipinski definition) is 3. The van der Waals surface area contributed by atoms with Crippen molar-refractivity contribution >= 4 is 10.9 Å². The molecule has 0 bridgehead atoms. The Balaban J connectivity index is 1.95. The minimum Gasteiger partial charge on any atom is -0.322 e. The van der Waals surface area contributed by atoms with Gasteiger partial charge in [0.05, 0.1) is 22.9 Å². The molecule has 1 atom stereocenters. The van der Waals surface area contributed by atoms with Gasteiger partial charge in [-0.05, 0) is 25.1 Å². The monoisotopic (exact) mass is 266 g/mol. The SMILES string of the molecule is CCn1nc(CC(N)c2ccccn2)c2ccccc21. The molecular weight excluding hydrogens is 248 g/mol. The van der Waals surface area contributed by atoms with Gasteiger partial charge in [0, 0.05) is 24.5 Å². The van der Waals surface area contributed by atoms with E-state index in [4.69, 9.17) is 5.73 Å². The lowest BCUT2D eigenvalue weighted by atomic mass is 10.1. The molecule has 4 nitrogen and oxygen atoms in total. The maximum atomic E-state index is 6.26. The molecule has 20 heavy (non-hydrogen) atoms. The van der Waals surface area contributed by atoms with Crippen LogP contribution in [0.15, 0.2) is 48.7 Å². The molecule has 0 saturated heterocycles. The predicted molar refractivity (Wildman–Crippen MR) is 80.3 cm³/mol. The van der Waals surface area contributed by atoms with Gasteiger partial charge in [0.15, 0.2) is 0 Å². The van der Waals surface area contributed by atoms with Gasteiger partial charge in [-0.15, -0.1) is 0 Å². The van der Waals surface area contributed by atoms with Crippen LogP contribution in [-0.4, -0.2) is 14.8 Å².